The molecule has 3 heteroatoms. The fourth-order valence-electron chi connectivity index (χ4n) is 1.64. The van der Waals surface area contributed by atoms with Gasteiger partial charge in [0.05, 0.1) is 0 Å². The first-order chi connectivity index (χ1) is 6.22. The summed E-state index contributed by atoms with van der Waals surface area (Å²) in [6, 6.07) is 0. The third-order valence-electron chi connectivity index (χ3n) is 2.55. The maximum absolute atomic E-state index is 5.52. The summed E-state index contributed by atoms with van der Waals surface area (Å²) >= 11 is 0. The SMILES string of the molecule is C=C(CN)CN1CCCN(C)CC1. The fraction of sp³-hybridized carbons (Fsp3) is 0.800. The molecule has 13 heavy (non-hydrogen) atoms. The second-order valence-electron chi connectivity index (χ2n) is 3.89. The molecule has 0 spiro atoms. The Bertz CT molecular complexity index is 168. The summed E-state index contributed by atoms with van der Waals surface area (Å²) in [6.45, 7) is 10.2. The Hall–Kier alpha value is -0.380. The van der Waals surface area contributed by atoms with Crippen molar-refractivity contribution in [1.82, 2.24) is 9.80 Å². The molecule has 1 saturated heterocycles. The van der Waals surface area contributed by atoms with Gasteiger partial charge in [0.15, 0.2) is 0 Å². The van der Waals surface area contributed by atoms with Gasteiger partial charge in [-0.05, 0) is 32.1 Å². The van der Waals surface area contributed by atoms with Gasteiger partial charge in [0.2, 0.25) is 0 Å². The van der Waals surface area contributed by atoms with Crippen molar-refractivity contribution in [2.24, 2.45) is 5.73 Å². The molecule has 0 amide bonds. The predicted molar refractivity (Wildman–Crippen MR) is 56.7 cm³/mol. The van der Waals surface area contributed by atoms with Gasteiger partial charge in [0.1, 0.15) is 0 Å². The normalized spacial score (nSPS) is 21.4. The molecule has 0 atom stereocenters. The molecule has 1 aliphatic heterocycles. The predicted octanol–water partition coefficient (Wildman–Crippen LogP) is 0.139. The van der Waals surface area contributed by atoms with Crippen molar-refractivity contribution >= 4 is 0 Å². The first-order valence-corrected chi connectivity index (χ1v) is 5.00. The minimum Gasteiger partial charge on any atom is -0.327 e. The van der Waals surface area contributed by atoms with Gasteiger partial charge in [0.25, 0.3) is 0 Å². The van der Waals surface area contributed by atoms with Crippen molar-refractivity contribution in [2.45, 2.75) is 6.42 Å². The van der Waals surface area contributed by atoms with Crippen LogP contribution >= 0.6 is 0 Å². The molecular weight excluding hydrogens is 162 g/mol. The van der Waals surface area contributed by atoms with Crippen molar-refractivity contribution < 1.29 is 0 Å². The molecule has 0 unspecified atom stereocenters. The molecule has 0 saturated carbocycles. The molecule has 0 aromatic carbocycles. The molecule has 2 N–H and O–H groups in total. The third-order valence-corrected chi connectivity index (χ3v) is 2.55. The van der Waals surface area contributed by atoms with Gasteiger partial charge < -0.3 is 10.6 Å². The van der Waals surface area contributed by atoms with Crippen LogP contribution in [0.2, 0.25) is 0 Å². The lowest BCUT2D eigenvalue weighted by Crippen LogP contribution is -2.31. The summed E-state index contributed by atoms with van der Waals surface area (Å²) in [5, 5.41) is 0. The molecule has 0 radical (unpaired) electrons. The standard InChI is InChI=1S/C10H21N3/c1-10(8-11)9-13-5-3-4-12(2)6-7-13/h1,3-9,11H2,2H3. The van der Waals surface area contributed by atoms with Crippen molar-refractivity contribution in [1.29, 1.82) is 0 Å². The Morgan fingerprint density at radius 3 is 2.77 bits per heavy atom. The van der Waals surface area contributed by atoms with Crippen LogP contribution in [0.5, 0.6) is 0 Å². The second kappa shape index (κ2) is 5.37. The lowest BCUT2D eigenvalue weighted by molar-refractivity contribution is 0.294. The summed E-state index contributed by atoms with van der Waals surface area (Å²) in [6.07, 6.45) is 1.26. The molecule has 76 valence electrons. The van der Waals surface area contributed by atoms with Gasteiger partial charge in [-0.1, -0.05) is 6.58 Å². The molecule has 0 bridgehead atoms. The van der Waals surface area contributed by atoms with E-state index >= 15 is 0 Å². The quantitative estimate of drug-likeness (QED) is 0.632. The zero-order valence-electron chi connectivity index (χ0n) is 8.63. The average Bonchev–Trinajstić information content (AvgIpc) is 2.31. The van der Waals surface area contributed by atoms with Crippen molar-refractivity contribution in [3.8, 4) is 0 Å². The Morgan fingerprint density at radius 1 is 1.31 bits per heavy atom. The van der Waals surface area contributed by atoms with E-state index in [0.29, 0.717) is 6.54 Å². The van der Waals surface area contributed by atoms with E-state index in [1.54, 1.807) is 0 Å². The van der Waals surface area contributed by atoms with E-state index in [-0.39, 0.29) is 0 Å². The molecule has 1 rings (SSSR count). The van der Waals surface area contributed by atoms with Crippen LogP contribution in [0.4, 0.5) is 0 Å². The molecule has 1 fully saturated rings. The molecule has 0 aromatic heterocycles. The number of likely N-dealkylation sites (N-methyl/N-ethyl adjacent to an activating group) is 1. The first-order valence-electron chi connectivity index (χ1n) is 5.00. The number of hydrogen-bond donors (Lipinski definition) is 1. The molecule has 3 nitrogen and oxygen atoms in total. The fourth-order valence-corrected chi connectivity index (χ4v) is 1.64. The average molecular weight is 183 g/mol. The highest BCUT2D eigenvalue weighted by atomic mass is 15.2. The maximum Gasteiger partial charge on any atom is 0.0203 e. The van der Waals surface area contributed by atoms with E-state index in [1.807, 2.05) is 0 Å². The van der Waals surface area contributed by atoms with Crippen molar-refractivity contribution in [2.75, 3.05) is 46.3 Å². The van der Waals surface area contributed by atoms with Gasteiger partial charge in [-0.3, -0.25) is 4.90 Å². The third kappa shape index (κ3) is 3.89. The largest absolute Gasteiger partial charge is 0.327 e. The minimum atomic E-state index is 0.617. The maximum atomic E-state index is 5.52. The summed E-state index contributed by atoms with van der Waals surface area (Å²) in [5.74, 6) is 0. The number of nitrogens with zero attached hydrogens (tertiary/aromatic N) is 2. The number of rotatable bonds is 3. The topological polar surface area (TPSA) is 32.5 Å². The molecule has 1 heterocycles. The van der Waals surface area contributed by atoms with Gasteiger partial charge in [-0.25, -0.2) is 0 Å². The summed E-state index contributed by atoms with van der Waals surface area (Å²) in [5.41, 5.74) is 6.66. The Kier molecular flexibility index (Phi) is 4.42. The van der Waals surface area contributed by atoms with Gasteiger partial charge in [0, 0.05) is 26.2 Å². The molecule has 0 aromatic rings. The summed E-state index contributed by atoms with van der Waals surface area (Å²) in [7, 11) is 2.18. The van der Waals surface area contributed by atoms with E-state index in [0.717, 1.165) is 25.2 Å². The summed E-state index contributed by atoms with van der Waals surface area (Å²) in [4.78, 5) is 4.82. The van der Waals surface area contributed by atoms with Crippen molar-refractivity contribution in [3.63, 3.8) is 0 Å². The Labute approximate surface area is 81.2 Å². The zero-order valence-corrected chi connectivity index (χ0v) is 8.63. The number of hydrogen-bond acceptors (Lipinski definition) is 3. The lowest BCUT2D eigenvalue weighted by Gasteiger charge is -2.20. The van der Waals surface area contributed by atoms with E-state index in [2.05, 4.69) is 23.4 Å². The van der Waals surface area contributed by atoms with Crippen LogP contribution in [0.25, 0.3) is 0 Å². The van der Waals surface area contributed by atoms with E-state index < -0.39 is 0 Å². The van der Waals surface area contributed by atoms with E-state index in [4.69, 9.17) is 5.73 Å². The van der Waals surface area contributed by atoms with Crippen molar-refractivity contribution in [3.05, 3.63) is 12.2 Å². The first kappa shape index (κ1) is 10.7. The van der Waals surface area contributed by atoms with Crippen LogP contribution in [0.3, 0.4) is 0 Å². The van der Waals surface area contributed by atoms with E-state index in [9.17, 15) is 0 Å². The van der Waals surface area contributed by atoms with Crippen LogP contribution < -0.4 is 5.73 Å². The smallest absolute Gasteiger partial charge is 0.0203 e. The van der Waals surface area contributed by atoms with Crippen LogP contribution in [0.1, 0.15) is 6.42 Å². The lowest BCUT2D eigenvalue weighted by atomic mass is 10.2. The van der Waals surface area contributed by atoms with Crippen LogP contribution in [-0.2, 0) is 0 Å². The highest BCUT2D eigenvalue weighted by molar-refractivity contribution is 4.98. The van der Waals surface area contributed by atoms with Gasteiger partial charge in [-0.15, -0.1) is 0 Å². The van der Waals surface area contributed by atoms with Crippen LogP contribution in [0, 0.1) is 0 Å². The highest BCUT2D eigenvalue weighted by Crippen LogP contribution is 2.02. The molecular formula is C10H21N3. The van der Waals surface area contributed by atoms with Crippen LogP contribution in [-0.4, -0.2) is 56.1 Å². The Morgan fingerprint density at radius 2 is 2.08 bits per heavy atom. The minimum absolute atomic E-state index is 0.617. The number of nitrogens with two attached hydrogens (primary N) is 1. The molecule has 1 aliphatic rings. The second-order valence-corrected chi connectivity index (χ2v) is 3.89. The monoisotopic (exact) mass is 183 g/mol. The Balaban J connectivity index is 2.29. The van der Waals surface area contributed by atoms with Gasteiger partial charge in [-0.2, -0.15) is 0 Å². The van der Waals surface area contributed by atoms with E-state index in [1.165, 1.54) is 19.5 Å². The highest BCUT2D eigenvalue weighted by Gasteiger charge is 2.11. The van der Waals surface area contributed by atoms with Gasteiger partial charge >= 0.3 is 0 Å². The zero-order chi connectivity index (χ0) is 9.68. The van der Waals surface area contributed by atoms with Crippen LogP contribution in [0.15, 0.2) is 12.2 Å². The summed E-state index contributed by atoms with van der Waals surface area (Å²) < 4.78 is 0. The molecule has 0 aliphatic carbocycles.